The van der Waals surface area contributed by atoms with Gasteiger partial charge in [-0.15, -0.1) is 0 Å². The van der Waals surface area contributed by atoms with Crippen LogP contribution in [0.15, 0.2) is 4.99 Å². The lowest BCUT2D eigenvalue weighted by Gasteiger charge is -2.32. The number of carboxylic acids is 1. The van der Waals surface area contributed by atoms with Crippen LogP contribution >= 0.6 is 0 Å². The van der Waals surface area contributed by atoms with Gasteiger partial charge in [0, 0.05) is 25.9 Å². The maximum Gasteiger partial charge on any atom is 0.306 e. The maximum atomic E-state index is 13.1. The Morgan fingerprint density at radius 1 is 1.19 bits per heavy atom. The molecule has 0 spiro atoms. The van der Waals surface area contributed by atoms with Crippen molar-refractivity contribution in [1.82, 2.24) is 10.2 Å². The number of rotatable bonds is 9. The molecule has 26 heavy (non-hydrogen) atoms. The first-order chi connectivity index (χ1) is 12.2. The van der Waals surface area contributed by atoms with Crippen molar-refractivity contribution in [1.29, 1.82) is 0 Å². The van der Waals surface area contributed by atoms with Crippen molar-refractivity contribution in [2.75, 3.05) is 13.1 Å². The fraction of sp³-hybridized carbons (Fsp3) is 0.765. The van der Waals surface area contributed by atoms with E-state index in [0.29, 0.717) is 13.1 Å². The van der Waals surface area contributed by atoms with E-state index < -0.39 is 29.9 Å². The van der Waals surface area contributed by atoms with Crippen molar-refractivity contribution in [2.45, 2.75) is 58.5 Å². The lowest BCUT2D eigenvalue weighted by molar-refractivity contribution is -0.142. The summed E-state index contributed by atoms with van der Waals surface area (Å²) in [5.74, 6) is -2.78. The Balaban J connectivity index is 3.18. The average Bonchev–Trinajstić information content (AvgIpc) is 2.94. The normalized spacial score (nSPS) is 23.1. The third kappa shape index (κ3) is 5.89. The number of carbonyl (C=O) groups excluding carboxylic acids is 2. The topological polar surface area (TPSA) is 151 Å². The van der Waals surface area contributed by atoms with Gasteiger partial charge in [0.25, 0.3) is 0 Å². The molecule has 1 rings (SSSR count). The van der Waals surface area contributed by atoms with Crippen molar-refractivity contribution in [2.24, 2.45) is 28.3 Å². The predicted molar refractivity (Wildman–Crippen MR) is 98.2 cm³/mol. The number of guanidine groups is 1. The van der Waals surface area contributed by atoms with E-state index in [1.54, 1.807) is 4.90 Å². The molecule has 2 unspecified atom stereocenters. The molecule has 0 aromatic heterocycles. The Hall–Kier alpha value is -2.32. The Morgan fingerprint density at radius 2 is 1.77 bits per heavy atom. The van der Waals surface area contributed by atoms with Gasteiger partial charge in [0.05, 0.1) is 12.0 Å². The lowest BCUT2D eigenvalue weighted by atomic mass is 9.92. The van der Waals surface area contributed by atoms with Gasteiger partial charge in [-0.25, -0.2) is 4.99 Å². The number of nitrogens with zero attached hydrogens (tertiary/aromatic N) is 2. The molecule has 1 aliphatic rings. The molecule has 6 N–H and O–H groups in total. The van der Waals surface area contributed by atoms with Gasteiger partial charge in [-0.05, 0) is 25.7 Å². The quantitative estimate of drug-likeness (QED) is 0.329. The van der Waals surface area contributed by atoms with E-state index in [4.69, 9.17) is 11.5 Å². The van der Waals surface area contributed by atoms with E-state index in [1.165, 1.54) is 6.92 Å². The van der Waals surface area contributed by atoms with Crippen LogP contribution < -0.4 is 16.8 Å². The van der Waals surface area contributed by atoms with Crippen LogP contribution in [-0.2, 0) is 14.4 Å². The van der Waals surface area contributed by atoms with Crippen molar-refractivity contribution >= 4 is 23.7 Å². The number of amides is 2. The number of hydrogen-bond acceptors (Lipinski definition) is 4. The highest BCUT2D eigenvalue weighted by Gasteiger charge is 2.45. The zero-order valence-electron chi connectivity index (χ0n) is 15.8. The summed E-state index contributed by atoms with van der Waals surface area (Å²) < 4.78 is 0. The summed E-state index contributed by atoms with van der Waals surface area (Å²) in [6, 6.07) is -1.37. The number of carboxylic acid groups (broad SMARTS) is 1. The van der Waals surface area contributed by atoms with Gasteiger partial charge < -0.3 is 26.8 Å². The van der Waals surface area contributed by atoms with Crippen molar-refractivity contribution in [3.05, 3.63) is 0 Å². The highest BCUT2D eigenvalue weighted by atomic mass is 16.4. The van der Waals surface area contributed by atoms with E-state index in [0.717, 1.165) is 12.8 Å². The molecule has 0 aromatic rings. The van der Waals surface area contributed by atoms with Gasteiger partial charge in [0.2, 0.25) is 11.8 Å². The summed E-state index contributed by atoms with van der Waals surface area (Å²) in [4.78, 5) is 42.1. The van der Waals surface area contributed by atoms with Crippen molar-refractivity contribution in [3.8, 4) is 0 Å². The minimum Gasteiger partial charge on any atom is -0.481 e. The first-order valence-corrected chi connectivity index (χ1v) is 9.08. The van der Waals surface area contributed by atoms with Crippen LogP contribution in [0.25, 0.3) is 0 Å². The summed E-state index contributed by atoms with van der Waals surface area (Å²) in [5.41, 5.74) is 11.0. The van der Waals surface area contributed by atoms with Crippen LogP contribution in [0.4, 0.5) is 0 Å². The summed E-state index contributed by atoms with van der Waals surface area (Å²) in [5, 5.41) is 12.1. The number of nitrogens with one attached hydrogen (secondary N) is 1. The zero-order valence-corrected chi connectivity index (χ0v) is 15.8. The largest absolute Gasteiger partial charge is 0.481 e. The molecular weight excluding hydrogens is 338 g/mol. The molecule has 2 amide bonds. The smallest absolute Gasteiger partial charge is 0.306 e. The van der Waals surface area contributed by atoms with Crippen LogP contribution in [0, 0.1) is 11.8 Å². The van der Waals surface area contributed by atoms with Crippen molar-refractivity contribution < 1.29 is 19.5 Å². The minimum absolute atomic E-state index is 0.154. The monoisotopic (exact) mass is 369 g/mol. The Morgan fingerprint density at radius 3 is 2.19 bits per heavy atom. The molecule has 1 aliphatic carbocycles. The predicted octanol–water partition coefficient (Wildman–Crippen LogP) is -0.107. The van der Waals surface area contributed by atoms with Crippen LogP contribution in [-0.4, -0.2) is 58.9 Å². The van der Waals surface area contributed by atoms with Crippen LogP contribution in [0.3, 0.4) is 0 Å². The highest BCUT2D eigenvalue weighted by molar-refractivity contribution is 5.87. The van der Waals surface area contributed by atoms with E-state index in [9.17, 15) is 19.5 Å². The van der Waals surface area contributed by atoms with E-state index in [2.05, 4.69) is 10.3 Å². The van der Waals surface area contributed by atoms with Gasteiger partial charge in [0.1, 0.15) is 6.04 Å². The number of carbonyl (C=O) groups is 3. The SMILES string of the molecule is CCCN(CCC)C(=O)C(NC(C)=O)[C@@H]1CC(C(=O)O)C[C@@H]1N=C(N)N. The third-order valence-electron chi connectivity index (χ3n) is 4.59. The number of nitrogens with two attached hydrogens (primary N) is 2. The molecule has 0 radical (unpaired) electrons. The van der Waals surface area contributed by atoms with Gasteiger partial charge >= 0.3 is 5.97 Å². The van der Waals surface area contributed by atoms with Crippen LogP contribution in [0.1, 0.15) is 46.5 Å². The van der Waals surface area contributed by atoms with Gasteiger partial charge in [-0.1, -0.05) is 13.8 Å². The van der Waals surface area contributed by atoms with Crippen LogP contribution in [0.2, 0.25) is 0 Å². The first-order valence-electron chi connectivity index (χ1n) is 9.08. The molecule has 0 bridgehead atoms. The number of hydrogen-bond donors (Lipinski definition) is 4. The fourth-order valence-corrected chi connectivity index (χ4v) is 3.59. The molecule has 0 aliphatic heterocycles. The lowest BCUT2D eigenvalue weighted by Crippen LogP contribution is -2.53. The third-order valence-corrected chi connectivity index (χ3v) is 4.59. The van der Waals surface area contributed by atoms with E-state index in [1.807, 2.05) is 13.8 Å². The highest BCUT2D eigenvalue weighted by Crippen LogP contribution is 2.36. The Bertz CT molecular complexity index is 541. The second kappa shape index (κ2) is 9.98. The molecule has 0 aromatic carbocycles. The number of aliphatic imine (C=N–C) groups is 1. The molecule has 148 valence electrons. The van der Waals surface area contributed by atoms with Crippen LogP contribution in [0.5, 0.6) is 0 Å². The summed E-state index contributed by atoms with van der Waals surface area (Å²) >= 11 is 0. The Labute approximate surface area is 154 Å². The van der Waals surface area contributed by atoms with E-state index >= 15 is 0 Å². The Kier molecular flexibility index (Phi) is 8.34. The second-order valence-corrected chi connectivity index (χ2v) is 6.80. The zero-order chi connectivity index (χ0) is 19.9. The average molecular weight is 369 g/mol. The molecule has 4 atom stereocenters. The summed E-state index contributed by atoms with van der Waals surface area (Å²) in [7, 11) is 0. The standard InChI is InChI=1S/C17H31N5O4/c1-4-6-22(7-5-2)15(24)14(20-10(3)23)12-8-11(16(25)26)9-13(12)21-17(18)19/h11-14H,4-9H2,1-3H3,(H,20,23)(H,25,26)(H4,18,19,21)/t11?,12-,13+,14?/m1/s1. The molecule has 0 saturated heterocycles. The van der Waals surface area contributed by atoms with E-state index in [-0.39, 0.29) is 30.6 Å². The van der Waals surface area contributed by atoms with Gasteiger partial charge in [-0.3, -0.25) is 14.4 Å². The first kappa shape index (κ1) is 21.7. The molecular formula is C17H31N5O4. The molecule has 1 fully saturated rings. The second-order valence-electron chi connectivity index (χ2n) is 6.80. The maximum absolute atomic E-state index is 13.1. The molecule has 0 heterocycles. The van der Waals surface area contributed by atoms with Crippen molar-refractivity contribution in [3.63, 3.8) is 0 Å². The fourth-order valence-electron chi connectivity index (χ4n) is 3.59. The minimum atomic E-state index is -0.948. The molecule has 9 nitrogen and oxygen atoms in total. The molecule has 1 saturated carbocycles. The summed E-state index contributed by atoms with van der Waals surface area (Å²) in [6.45, 7) is 6.43. The number of aliphatic carboxylic acids is 1. The molecule has 9 heteroatoms. The van der Waals surface area contributed by atoms with Gasteiger partial charge in [0.15, 0.2) is 5.96 Å². The summed E-state index contributed by atoms with van der Waals surface area (Å²) in [6.07, 6.45) is 2.05. The van der Waals surface area contributed by atoms with Gasteiger partial charge in [-0.2, -0.15) is 0 Å².